The van der Waals surface area contributed by atoms with E-state index < -0.39 is 11.2 Å². The van der Waals surface area contributed by atoms with Crippen molar-refractivity contribution in [2.45, 2.75) is 43.9 Å². The molecule has 5 heteroatoms. The summed E-state index contributed by atoms with van der Waals surface area (Å²) in [5.41, 5.74) is 0.739. The maximum absolute atomic E-state index is 11.4. The monoisotopic (exact) mass is 346 g/mol. The van der Waals surface area contributed by atoms with Crippen molar-refractivity contribution >= 4 is 17.7 Å². The standard InChI is InChI=1S/C19H23ClN2O2/c1-18(24-2)8-7-16(11-15-3-5-17(20)6-4-15)12-19(18,23)13-22-10-9-21-14-22/h3-6,9-11,14,23H,7-8,12-13H2,1-2H3/b16-11+/t18-,19-/m0/s1. The van der Waals surface area contributed by atoms with Gasteiger partial charge >= 0.3 is 0 Å². The molecular formula is C19H23ClN2O2. The van der Waals surface area contributed by atoms with E-state index in [1.807, 2.05) is 42.0 Å². The van der Waals surface area contributed by atoms with E-state index in [-0.39, 0.29) is 0 Å². The number of benzene rings is 1. The van der Waals surface area contributed by atoms with Crippen LogP contribution in [0.25, 0.3) is 6.08 Å². The molecule has 24 heavy (non-hydrogen) atoms. The molecule has 1 aromatic heterocycles. The molecular weight excluding hydrogens is 324 g/mol. The van der Waals surface area contributed by atoms with Gasteiger partial charge in [-0.2, -0.15) is 0 Å². The Kier molecular flexibility index (Phi) is 4.81. The van der Waals surface area contributed by atoms with E-state index in [0.717, 1.165) is 23.4 Å². The Balaban J connectivity index is 1.87. The van der Waals surface area contributed by atoms with Crippen LogP contribution in [0.15, 0.2) is 48.6 Å². The van der Waals surface area contributed by atoms with Gasteiger partial charge < -0.3 is 14.4 Å². The van der Waals surface area contributed by atoms with E-state index in [9.17, 15) is 5.11 Å². The SMILES string of the molecule is CO[C@@]1(C)CC/C(=C\c2ccc(Cl)cc2)C[C@]1(O)Cn1ccnc1. The summed E-state index contributed by atoms with van der Waals surface area (Å²) in [6.07, 6.45) is 9.70. The van der Waals surface area contributed by atoms with Crippen molar-refractivity contribution in [2.24, 2.45) is 0 Å². The molecule has 0 bridgehead atoms. The van der Waals surface area contributed by atoms with Crippen LogP contribution in [0, 0.1) is 0 Å². The highest BCUT2D eigenvalue weighted by Crippen LogP contribution is 2.43. The van der Waals surface area contributed by atoms with Gasteiger partial charge in [-0.15, -0.1) is 0 Å². The topological polar surface area (TPSA) is 47.3 Å². The Morgan fingerprint density at radius 3 is 2.75 bits per heavy atom. The molecule has 0 saturated heterocycles. The lowest BCUT2D eigenvalue weighted by molar-refractivity contribution is -0.179. The molecule has 2 atom stereocenters. The normalized spacial score (nSPS) is 29.1. The van der Waals surface area contributed by atoms with E-state index >= 15 is 0 Å². The second-order valence-electron chi connectivity index (χ2n) is 6.73. The Morgan fingerprint density at radius 1 is 1.38 bits per heavy atom. The minimum atomic E-state index is -0.987. The maximum atomic E-state index is 11.4. The first-order chi connectivity index (χ1) is 11.4. The quantitative estimate of drug-likeness (QED) is 0.912. The van der Waals surface area contributed by atoms with Gasteiger partial charge in [0.1, 0.15) is 5.60 Å². The second kappa shape index (κ2) is 6.71. The van der Waals surface area contributed by atoms with Crippen LogP contribution >= 0.6 is 11.6 Å². The van der Waals surface area contributed by atoms with E-state index in [0.29, 0.717) is 13.0 Å². The van der Waals surface area contributed by atoms with Gasteiger partial charge in [-0.05, 0) is 37.5 Å². The summed E-state index contributed by atoms with van der Waals surface area (Å²) < 4.78 is 7.63. The molecule has 0 radical (unpaired) electrons. The summed E-state index contributed by atoms with van der Waals surface area (Å²) in [4.78, 5) is 4.07. The number of hydrogen-bond donors (Lipinski definition) is 1. The molecule has 2 aromatic rings. The minimum Gasteiger partial charge on any atom is -0.385 e. The lowest BCUT2D eigenvalue weighted by atomic mass is 9.70. The summed E-state index contributed by atoms with van der Waals surface area (Å²) in [7, 11) is 1.67. The highest BCUT2D eigenvalue weighted by molar-refractivity contribution is 6.30. The van der Waals surface area contributed by atoms with Crippen LogP contribution in [0.2, 0.25) is 5.02 Å². The number of rotatable bonds is 4. The van der Waals surface area contributed by atoms with Crippen molar-refractivity contribution in [3.8, 4) is 0 Å². The minimum absolute atomic E-state index is 0.454. The fourth-order valence-electron chi connectivity index (χ4n) is 3.40. The van der Waals surface area contributed by atoms with Crippen LogP contribution in [0.4, 0.5) is 0 Å². The van der Waals surface area contributed by atoms with Gasteiger partial charge in [0.15, 0.2) is 0 Å². The van der Waals surface area contributed by atoms with E-state index in [1.165, 1.54) is 5.57 Å². The van der Waals surface area contributed by atoms with Crippen LogP contribution in [0.3, 0.4) is 0 Å². The van der Waals surface area contributed by atoms with Crippen molar-refractivity contribution in [3.63, 3.8) is 0 Å². The second-order valence-corrected chi connectivity index (χ2v) is 7.17. The third-order valence-electron chi connectivity index (χ3n) is 5.12. The molecule has 0 unspecified atom stereocenters. The molecule has 1 heterocycles. The molecule has 1 aliphatic carbocycles. The predicted molar refractivity (Wildman–Crippen MR) is 95.9 cm³/mol. The largest absolute Gasteiger partial charge is 0.385 e. The lowest BCUT2D eigenvalue weighted by Crippen LogP contribution is -2.58. The Morgan fingerprint density at radius 2 is 2.12 bits per heavy atom. The van der Waals surface area contributed by atoms with E-state index in [2.05, 4.69) is 11.1 Å². The highest BCUT2D eigenvalue weighted by atomic mass is 35.5. The summed E-state index contributed by atoms with van der Waals surface area (Å²) >= 11 is 5.95. The third kappa shape index (κ3) is 3.41. The number of halogens is 1. The number of imidazole rings is 1. The fraction of sp³-hybridized carbons (Fsp3) is 0.421. The van der Waals surface area contributed by atoms with Gasteiger partial charge in [0, 0.05) is 30.9 Å². The maximum Gasteiger partial charge on any atom is 0.115 e. The predicted octanol–water partition coefficient (Wildman–Crippen LogP) is 3.94. The van der Waals surface area contributed by atoms with Gasteiger partial charge in [-0.25, -0.2) is 4.98 Å². The average molecular weight is 347 g/mol. The molecule has 1 saturated carbocycles. The molecule has 0 amide bonds. The molecule has 1 N–H and O–H groups in total. The van der Waals surface area contributed by atoms with Gasteiger partial charge in [0.2, 0.25) is 0 Å². The molecule has 3 rings (SSSR count). The van der Waals surface area contributed by atoms with Gasteiger partial charge in [0.25, 0.3) is 0 Å². The van der Waals surface area contributed by atoms with Crippen molar-refractivity contribution < 1.29 is 9.84 Å². The Hall–Kier alpha value is -1.62. The highest BCUT2D eigenvalue weighted by Gasteiger charge is 2.50. The number of methoxy groups -OCH3 is 1. The Bertz CT molecular complexity index is 711. The number of nitrogens with zero attached hydrogens (tertiary/aromatic N) is 2. The van der Waals surface area contributed by atoms with Crippen molar-refractivity contribution in [2.75, 3.05) is 7.11 Å². The number of hydrogen-bond acceptors (Lipinski definition) is 3. The summed E-state index contributed by atoms with van der Waals surface area (Å²) in [6, 6.07) is 7.75. The van der Waals surface area contributed by atoms with Crippen molar-refractivity contribution in [3.05, 3.63) is 59.1 Å². The molecule has 1 aliphatic rings. The molecule has 0 spiro atoms. The molecule has 4 nitrogen and oxygen atoms in total. The first-order valence-electron chi connectivity index (χ1n) is 8.12. The average Bonchev–Trinajstić information content (AvgIpc) is 3.06. The van der Waals surface area contributed by atoms with Gasteiger partial charge in [-0.1, -0.05) is 35.4 Å². The van der Waals surface area contributed by atoms with Crippen LogP contribution < -0.4 is 0 Å². The van der Waals surface area contributed by atoms with E-state index in [1.54, 1.807) is 19.6 Å². The third-order valence-corrected chi connectivity index (χ3v) is 5.37. The lowest BCUT2D eigenvalue weighted by Gasteiger charge is -2.48. The number of ether oxygens (including phenoxy) is 1. The fourth-order valence-corrected chi connectivity index (χ4v) is 3.52. The zero-order chi connectivity index (χ0) is 17.2. The number of aliphatic hydroxyl groups is 1. The van der Waals surface area contributed by atoms with Gasteiger partial charge in [0.05, 0.1) is 18.5 Å². The number of aromatic nitrogens is 2. The summed E-state index contributed by atoms with van der Waals surface area (Å²) in [5, 5.41) is 12.1. The van der Waals surface area contributed by atoms with Crippen molar-refractivity contribution in [1.29, 1.82) is 0 Å². The van der Waals surface area contributed by atoms with Crippen molar-refractivity contribution in [1.82, 2.24) is 9.55 Å². The van der Waals surface area contributed by atoms with Gasteiger partial charge in [-0.3, -0.25) is 0 Å². The molecule has 0 aliphatic heterocycles. The van der Waals surface area contributed by atoms with Crippen LogP contribution in [0.5, 0.6) is 0 Å². The molecule has 1 aromatic carbocycles. The molecule has 128 valence electrons. The zero-order valence-electron chi connectivity index (χ0n) is 14.1. The Labute approximate surface area is 147 Å². The van der Waals surface area contributed by atoms with Crippen LogP contribution in [0.1, 0.15) is 31.7 Å². The van der Waals surface area contributed by atoms with E-state index in [4.69, 9.17) is 16.3 Å². The molecule has 1 fully saturated rings. The summed E-state index contributed by atoms with van der Waals surface area (Å²) in [6.45, 7) is 2.44. The zero-order valence-corrected chi connectivity index (χ0v) is 14.8. The smallest absolute Gasteiger partial charge is 0.115 e. The van der Waals surface area contributed by atoms with Crippen LogP contribution in [-0.2, 0) is 11.3 Å². The van der Waals surface area contributed by atoms with Crippen LogP contribution in [-0.4, -0.2) is 33.0 Å². The first-order valence-corrected chi connectivity index (χ1v) is 8.50. The first kappa shape index (κ1) is 17.2. The summed E-state index contributed by atoms with van der Waals surface area (Å²) in [5.74, 6) is 0.